The Bertz CT molecular complexity index is 1820. The number of phenolic OH excluding ortho intramolecular Hbond substituents is 1. The van der Waals surface area contributed by atoms with Gasteiger partial charge in [-0.25, -0.2) is 9.29 Å². The molecule has 4 aliphatic rings. The molecular weight excluding hydrogens is 742 g/mol. The van der Waals surface area contributed by atoms with E-state index in [4.69, 9.17) is 23.2 Å². The molecule has 0 aromatic heterocycles. The molecule has 6 unspecified atom stereocenters. The van der Waals surface area contributed by atoms with Crippen molar-refractivity contribution in [2.24, 2.45) is 17.8 Å². The maximum Gasteiger partial charge on any atom is 0.258 e. The highest BCUT2D eigenvalue weighted by atomic mass is 79.9. The molecule has 44 heavy (non-hydrogen) atoms. The molecule has 4 amide bonds. The Balaban J connectivity index is 1.41. The normalized spacial score (nSPS) is 31.2. The molecule has 7 rings (SSSR count). The smallest absolute Gasteiger partial charge is 0.258 e. The van der Waals surface area contributed by atoms with E-state index in [1.54, 1.807) is 42.5 Å². The molecule has 2 heterocycles. The van der Waals surface area contributed by atoms with E-state index in [9.17, 15) is 28.7 Å². The molecule has 0 radical (unpaired) electrons. The van der Waals surface area contributed by atoms with Crippen LogP contribution >= 0.6 is 55.1 Å². The molecule has 3 aromatic carbocycles. The molecule has 0 spiro atoms. The Morgan fingerprint density at radius 2 is 1.41 bits per heavy atom. The van der Waals surface area contributed by atoms with E-state index in [1.165, 1.54) is 23.1 Å². The number of nitrogens with zero attached hydrogens (tertiary/aromatic N) is 2. The minimum Gasteiger partial charge on any atom is -0.508 e. The summed E-state index contributed by atoms with van der Waals surface area (Å²) in [7, 11) is 0. The summed E-state index contributed by atoms with van der Waals surface area (Å²) in [6, 6.07) is 16.2. The Hall–Kier alpha value is -3.05. The maximum absolute atomic E-state index is 14.4. The number of allylic oxidation sites excluding steroid dienone is 2. The third-order valence-corrected chi connectivity index (χ3v) is 11.7. The fourth-order valence-corrected chi connectivity index (χ4v) is 8.92. The van der Waals surface area contributed by atoms with Gasteiger partial charge in [-0.1, -0.05) is 43.5 Å². The molecule has 3 fully saturated rings. The highest BCUT2D eigenvalue weighted by Gasteiger charge is 2.77. The number of aromatic hydroxyl groups is 1. The number of amides is 4. The summed E-state index contributed by atoms with van der Waals surface area (Å²) in [5.74, 6) is -6.74. The van der Waals surface area contributed by atoms with Crippen molar-refractivity contribution in [3.63, 3.8) is 0 Å². The third kappa shape index (κ3) is 3.96. The van der Waals surface area contributed by atoms with E-state index in [2.05, 4.69) is 31.9 Å². The number of phenols is 1. The highest BCUT2D eigenvalue weighted by Crippen LogP contribution is 2.66. The number of imide groups is 2. The van der Waals surface area contributed by atoms with Crippen molar-refractivity contribution in [3.8, 4) is 5.75 Å². The third-order valence-electron chi connectivity index (χ3n) is 9.28. The van der Waals surface area contributed by atoms with E-state index >= 15 is 0 Å². The number of carbonyl (C=O) groups excluding carboxylic acids is 4. The first kappa shape index (κ1) is 29.6. The molecule has 2 aliphatic heterocycles. The topological polar surface area (TPSA) is 95.0 Å². The molecule has 6 atom stereocenters. The van der Waals surface area contributed by atoms with Gasteiger partial charge < -0.3 is 5.11 Å². The molecule has 3 aromatic rings. The largest absolute Gasteiger partial charge is 0.508 e. The van der Waals surface area contributed by atoms with E-state index in [-0.39, 0.29) is 35.7 Å². The standard InChI is InChI=1S/C32H21Br2Cl2FN2O5/c33-15-1-6-18(7-2-15)38-27(41)21-11-10-20-23(25(21)28(38)42)14-31(35)29(43)39(19-8-4-17(37)5-9-19)30(44)32(31,36)26(20)22-13-16(34)3-12-24(22)40/h1-10,12-13,21,23,25-26,40H,11,14H2. The SMILES string of the molecule is O=C1C2CC=C3C(CC4(Cl)C(=O)N(c5ccc(F)cc5)C(=O)C4(Cl)C3c3cc(Br)ccc3O)C2C(=O)N1c1ccc(Br)cc1. The minimum absolute atomic E-state index is 0.0800. The number of hydrogen-bond acceptors (Lipinski definition) is 5. The molecule has 224 valence electrons. The number of fused-ring (bicyclic) bond motifs is 4. The second-order valence-electron chi connectivity index (χ2n) is 11.4. The summed E-state index contributed by atoms with van der Waals surface area (Å²) >= 11 is 21.5. The fraction of sp³-hybridized carbons (Fsp3) is 0.250. The Morgan fingerprint density at radius 3 is 2.09 bits per heavy atom. The van der Waals surface area contributed by atoms with Crippen molar-refractivity contribution < 1.29 is 28.7 Å². The average molecular weight is 763 g/mol. The van der Waals surface area contributed by atoms with Gasteiger partial charge in [-0.2, -0.15) is 0 Å². The van der Waals surface area contributed by atoms with Crippen LogP contribution in [0.5, 0.6) is 5.75 Å². The number of benzene rings is 3. The number of halogens is 5. The van der Waals surface area contributed by atoms with Gasteiger partial charge in [0.1, 0.15) is 11.6 Å². The molecule has 12 heteroatoms. The predicted octanol–water partition coefficient (Wildman–Crippen LogP) is 6.82. The van der Waals surface area contributed by atoms with Gasteiger partial charge in [-0.15, -0.1) is 23.2 Å². The summed E-state index contributed by atoms with van der Waals surface area (Å²) in [4.78, 5) is 54.3. The molecule has 7 nitrogen and oxygen atoms in total. The second kappa shape index (κ2) is 10.2. The molecular formula is C32H21Br2Cl2FN2O5. The van der Waals surface area contributed by atoms with Gasteiger partial charge in [-0.3, -0.25) is 24.1 Å². The van der Waals surface area contributed by atoms with Gasteiger partial charge in [0.2, 0.25) is 11.8 Å². The zero-order valence-electron chi connectivity index (χ0n) is 22.5. The van der Waals surface area contributed by atoms with Crippen LogP contribution in [0.25, 0.3) is 0 Å². The predicted molar refractivity (Wildman–Crippen MR) is 169 cm³/mol. The quantitative estimate of drug-likeness (QED) is 0.180. The number of hydrogen-bond donors (Lipinski definition) is 1. The van der Waals surface area contributed by atoms with Crippen molar-refractivity contribution in [3.05, 3.63) is 98.7 Å². The van der Waals surface area contributed by atoms with Crippen LogP contribution in [0.3, 0.4) is 0 Å². The monoisotopic (exact) mass is 760 g/mol. The molecule has 2 aliphatic carbocycles. The summed E-state index contributed by atoms with van der Waals surface area (Å²) in [6.07, 6.45) is 1.77. The van der Waals surface area contributed by atoms with Crippen LogP contribution in [0.4, 0.5) is 15.8 Å². The lowest BCUT2D eigenvalue weighted by Gasteiger charge is -2.50. The number of rotatable bonds is 3. The first-order valence-corrected chi connectivity index (χ1v) is 16.1. The van der Waals surface area contributed by atoms with Gasteiger partial charge in [0, 0.05) is 20.4 Å². The zero-order chi connectivity index (χ0) is 31.3. The van der Waals surface area contributed by atoms with Gasteiger partial charge in [0.15, 0.2) is 9.75 Å². The van der Waals surface area contributed by atoms with Gasteiger partial charge >= 0.3 is 0 Å². The summed E-state index contributed by atoms with van der Waals surface area (Å²) in [5, 5.41) is 11.1. The lowest BCUT2D eigenvalue weighted by atomic mass is 9.56. The summed E-state index contributed by atoms with van der Waals surface area (Å²) < 4.78 is 15.2. The average Bonchev–Trinajstić information content (AvgIpc) is 3.33. The zero-order valence-corrected chi connectivity index (χ0v) is 27.2. The van der Waals surface area contributed by atoms with Gasteiger partial charge in [0.05, 0.1) is 23.2 Å². The Morgan fingerprint density at radius 1 is 0.795 bits per heavy atom. The van der Waals surface area contributed by atoms with Crippen LogP contribution < -0.4 is 9.80 Å². The molecule has 1 N–H and O–H groups in total. The van der Waals surface area contributed by atoms with Crippen molar-refractivity contribution in [2.75, 3.05) is 9.80 Å². The molecule has 2 saturated heterocycles. The Labute approximate surface area is 277 Å². The number of anilines is 2. The maximum atomic E-state index is 14.4. The van der Waals surface area contributed by atoms with Crippen LogP contribution in [0.2, 0.25) is 0 Å². The second-order valence-corrected chi connectivity index (χ2v) is 14.5. The molecule has 1 saturated carbocycles. The Kier molecular flexibility index (Phi) is 6.90. The van der Waals surface area contributed by atoms with Crippen molar-refractivity contribution in [1.82, 2.24) is 0 Å². The van der Waals surface area contributed by atoms with Crippen LogP contribution in [0, 0.1) is 23.6 Å². The minimum atomic E-state index is -2.13. The van der Waals surface area contributed by atoms with Crippen LogP contribution in [0.1, 0.15) is 24.3 Å². The lowest BCUT2D eigenvalue weighted by Crippen LogP contribution is -2.60. The van der Waals surface area contributed by atoms with Crippen LogP contribution in [-0.4, -0.2) is 38.5 Å². The first-order valence-electron chi connectivity index (χ1n) is 13.7. The van der Waals surface area contributed by atoms with Crippen LogP contribution in [0.15, 0.2) is 87.3 Å². The lowest BCUT2D eigenvalue weighted by molar-refractivity contribution is -0.125. The number of carbonyl (C=O) groups is 4. The summed E-state index contributed by atoms with van der Waals surface area (Å²) in [6.45, 7) is 0. The van der Waals surface area contributed by atoms with Crippen molar-refractivity contribution in [1.29, 1.82) is 0 Å². The van der Waals surface area contributed by atoms with Crippen molar-refractivity contribution in [2.45, 2.75) is 28.5 Å². The first-order chi connectivity index (χ1) is 20.9. The van der Waals surface area contributed by atoms with Crippen LogP contribution in [-0.2, 0) is 19.2 Å². The summed E-state index contributed by atoms with van der Waals surface area (Å²) in [5.41, 5.74) is 1.28. The highest BCUT2D eigenvalue weighted by molar-refractivity contribution is 9.10. The van der Waals surface area contributed by atoms with Crippen molar-refractivity contribution >= 4 is 90.1 Å². The van der Waals surface area contributed by atoms with E-state index in [1.807, 2.05) is 0 Å². The van der Waals surface area contributed by atoms with E-state index < -0.39 is 57.0 Å². The van der Waals surface area contributed by atoms with E-state index in [0.29, 0.717) is 15.7 Å². The van der Waals surface area contributed by atoms with Gasteiger partial charge in [-0.05, 0) is 85.5 Å². The number of alkyl halides is 2. The molecule has 0 bridgehead atoms. The van der Waals surface area contributed by atoms with E-state index in [0.717, 1.165) is 21.5 Å². The fourth-order valence-electron chi connectivity index (χ4n) is 7.35. The van der Waals surface area contributed by atoms with Gasteiger partial charge in [0.25, 0.3) is 11.8 Å².